The van der Waals surface area contributed by atoms with Crippen molar-refractivity contribution in [2.45, 2.75) is 63.6 Å². The summed E-state index contributed by atoms with van der Waals surface area (Å²) in [6.45, 7) is 12.2. The lowest BCUT2D eigenvalue weighted by atomic mass is 9.88. The van der Waals surface area contributed by atoms with Gasteiger partial charge in [-0.15, -0.1) is 0 Å². The first-order valence-electron chi connectivity index (χ1n) is 10.9. The molecule has 1 saturated heterocycles. The van der Waals surface area contributed by atoms with Gasteiger partial charge in [0.1, 0.15) is 6.10 Å². The lowest BCUT2D eigenvalue weighted by molar-refractivity contribution is -0.238. The minimum Gasteiger partial charge on any atom is -0.467 e. The normalized spacial score (nSPS) is 21.1. The van der Waals surface area contributed by atoms with Gasteiger partial charge in [0.2, 0.25) is 5.60 Å². The Labute approximate surface area is 187 Å². The van der Waals surface area contributed by atoms with E-state index in [1.807, 2.05) is 53.6 Å². The number of nitrogens with zero attached hydrogens (tertiary/aromatic N) is 1. The van der Waals surface area contributed by atoms with Crippen molar-refractivity contribution in [3.05, 3.63) is 71.8 Å². The monoisotopic (exact) mass is 441 g/mol. The smallest absolute Gasteiger partial charge is 0.343 e. The number of hydrogen-bond acceptors (Lipinski definition) is 5. The molecular formula is C25H35NO4Si. The number of esters is 1. The molecule has 1 fully saturated rings. The summed E-state index contributed by atoms with van der Waals surface area (Å²) >= 11 is 0. The van der Waals surface area contributed by atoms with Gasteiger partial charge < -0.3 is 9.16 Å². The van der Waals surface area contributed by atoms with E-state index < -0.39 is 26.0 Å². The van der Waals surface area contributed by atoms with Gasteiger partial charge in [-0.2, -0.15) is 5.06 Å². The van der Waals surface area contributed by atoms with E-state index in [9.17, 15) is 4.79 Å². The SMILES string of the molecule is COC(=O)[C@@]1([C@H](O[Si](C)(C)C(C)(C)C)c2ccccc2)CCN(Cc2ccccc2)O1. The van der Waals surface area contributed by atoms with E-state index in [0.717, 1.165) is 11.1 Å². The van der Waals surface area contributed by atoms with Crippen LogP contribution in [0.25, 0.3) is 0 Å². The van der Waals surface area contributed by atoms with Gasteiger partial charge in [-0.25, -0.2) is 4.79 Å². The van der Waals surface area contributed by atoms with Crippen LogP contribution in [-0.4, -0.2) is 38.6 Å². The molecular weight excluding hydrogens is 406 g/mol. The van der Waals surface area contributed by atoms with E-state index >= 15 is 0 Å². The maximum atomic E-state index is 13.2. The van der Waals surface area contributed by atoms with Crippen molar-refractivity contribution in [1.82, 2.24) is 5.06 Å². The number of ether oxygens (including phenoxy) is 1. The van der Waals surface area contributed by atoms with Gasteiger partial charge in [0.05, 0.1) is 7.11 Å². The number of benzene rings is 2. The summed E-state index contributed by atoms with van der Waals surface area (Å²) in [6, 6.07) is 20.0. The molecule has 2 aromatic rings. The van der Waals surface area contributed by atoms with Crippen LogP contribution in [0.3, 0.4) is 0 Å². The van der Waals surface area contributed by atoms with Crippen LogP contribution in [-0.2, 0) is 25.3 Å². The van der Waals surface area contributed by atoms with Crippen LogP contribution in [0.15, 0.2) is 60.7 Å². The Hall–Kier alpha value is -1.99. The first-order valence-corrected chi connectivity index (χ1v) is 13.8. The van der Waals surface area contributed by atoms with E-state index in [4.69, 9.17) is 14.0 Å². The van der Waals surface area contributed by atoms with Gasteiger partial charge in [-0.3, -0.25) is 4.84 Å². The van der Waals surface area contributed by atoms with Crippen LogP contribution < -0.4 is 0 Å². The van der Waals surface area contributed by atoms with Gasteiger partial charge in [-0.05, 0) is 29.3 Å². The molecule has 0 amide bonds. The van der Waals surface area contributed by atoms with Crippen molar-refractivity contribution in [3.8, 4) is 0 Å². The lowest BCUT2D eigenvalue weighted by Crippen LogP contribution is -2.52. The zero-order chi connectivity index (χ0) is 22.7. The molecule has 5 nitrogen and oxygen atoms in total. The third-order valence-corrected chi connectivity index (χ3v) is 10.9. The Balaban J connectivity index is 1.99. The first-order chi connectivity index (χ1) is 14.6. The molecule has 0 spiro atoms. The highest BCUT2D eigenvalue weighted by Crippen LogP contribution is 2.47. The number of carbonyl (C=O) groups is 1. The zero-order valence-corrected chi connectivity index (χ0v) is 20.6. The molecule has 1 heterocycles. The summed E-state index contributed by atoms with van der Waals surface area (Å²) in [7, 11) is -0.808. The molecule has 0 bridgehead atoms. The van der Waals surface area contributed by atoms with Gasteiger partial charge >= 0.3 is 5.97 Å². The predicted octanol–water partition coefficient (Wildman–Crippen LogP) is 5.50. The molecule has 0 aromatic heterocycles. The molecule has 0 radical (unpaired) electrons. The predicted molar refractivity (Wildman–Crippen MR) is 125 cm³/mol. The molecule has 0 saturated carbocycles. The van der Waals surface area contributed by atoms with Crippen molar-refractivity contribution in [2.24, 2.45) is 0 Å². The fraction of sp³-hybridized carbons (Fsp3) is 0.480. The maximum Gasteiger partial charge on any atom is 0.343 e. The molecule has 0 N–H and O–H groups in total. The number of rotatable bonds is 7. The van der Waals surface area contributed by atoms with Crippen LogP contribution in [0.1, 0.15) is 44.4 Å². The fourth-order valence-electron chi connectivity index (χ4n) is 3.64. The van der Waals surface area contributed by atoms with Gasteiger partial charge in [0, 0.05) is 19.5 Å². The second kappa shape index (κ2) is 9.24. The van der Waals surface area contributed by atoms with Crippen molar-refractivity contribution < 1.29 is 18.8 Å². The minimum absolute atomic E-state index is 0.0142. The van der Waals surface area contributed by atoms with Crippen molar-refractivity contribution >= 4 is 14.3 Å². The Morgan fingerprint density at radius 2 is 1.68 bits per heavy atom. The van der Waals surface area contributed by atoms with Crippen molar-refractivity contribution in [3.63, 3.8) is 0 Å². The third kappa shape index (κ3) is 5.09. The highest BCUT2D eigenvalue weighted by Gasteiger charge is 2.57. The van der Waals surface area contributed by atoms with E-state index in [1.165, 1.54) is 7.11 Å². The molecule has 2 aromatic carbocycles. The van der Waals surface area contributed by atoms with Crippen LogP contribution in [0.5, 0.6) is 0 Å². The Morgan fingerprint density at radius 3 is 2.23 bits per heavy atom. The Morgan fingerprint density at radius 1 is 1.10 bits per heavy atom. The van der Waals surface area contributed by atoms with Crippen LogP contribution in [0, 0.1) is 0 Å². The van der Waals surface area contributed by atoms with Gasteiger partial charge in [-0.1, -0.05) is 81.4 Å². The van der Waals surface area contributed by atoms with Crippen molar-refractivity contribution in [1.29, 1.82) is 0 Å². The first kappa shape index (κ1) is 23.7. The van der Waals surface area contributed by atoms with Crippen LogP contribution in [0.4, 0.5) is 0 Å². The quantitative estimate of drug-likeness (QED) is 0.419. The van der Waals surface area contributed by atoms with E-state index in [1.54, 1.807) is 0 Å². The summed E-state index contributed by atoms with van der Waals surface area (Å²) in [5, 5.41) is 1.84. The average Bonchev–Trinajstić information content (AvgIpc) is 3.16. The Bertz CT molecular complexity index is 866. The van der Waals surface area contributed by atoms with Gasteiger partial charge in [0.15, 0.2) is 8.32 Å². The molecule has 6 heteroatoms. The molecule has 2 atom stereocenters. The highest BCUT2D eigenvalue weighted by molar-refractivity contribution is 6.74. The van der Waals surface area contributed by atoms with E-state index in [0.29, 0.717) is 19.5 Å². The minimum atomic E-state index is -2.23. The van der Waals surface area contributed by atoms with Crippen molar-refractivity contribution in [2.75, 3.05) is 13.7 Å². The molecule has 3 rings (SSSR count). The number of carbonyl (C=O) groups excluding carboxylic acids is 1. The third-order valence-electron chi connectivity index (χ3n) is 6.50. The molecule has 0 unspecified atom stereocenters. The summed E-state index contributed by atoms with van der Waals surface area (Å²) in [6.07, 6.45) is -0.0523. The van der Waals surface area contributed by atoms with Crippen LogP contribution >= 0.6 is 0 Å². The number of hydrogen-bond donors (Lipinski definition) is 0. The molecule has 31 heavy (non-hydrogen) atoms. The summed E-state index contributed by atoms with van der Waals surface area (Å²) < 4.78 is 12.2. The second-order valence-corrected chi connectivity index (χ2v) is 14.5. The second-order valence-electron chi connectivity index (χ2n) is 9.74. The number of methoxy groups -OCH3 is 1. The fourth-order valence-corrected chi connectivity index (χ4v) is 4.91. The summed E-state index contributed by atoms with van der Waals surface area (Å²) in [4.78, 5) is 19.7. The number of hydroxylamine groups is 2. The largest absolute Gasteiger partial charge is 0.467 e. The summed E-state index contributed by atoms with van der Waals surface area (Å²) in [5.41, 5.74) is 0.837. The molecule has 1 aliphatic heterocycles. The average molecular weight is 442 g/mol. The topological polar surface area (TPSA) is 48.0 Å². The molecule has 1 aliphatic rings. The lowest BCUT2D eigenvalue weighted by Gasteiger charge is -2.43. The standard InChI is InChI=1S/C25H35NO4Si/c1-24(2,3)31(5,6)29-22(21-15-11-8-12-16-21)25(23(27)28-4)17-18-26(30-25)19-20-13-9-7-10-14-20/h7-16,22H,17-19H2,1-6H3/t22-,25+/m1/s1. The highest BCUT2D eigenvalue weighted by atomic mass is 28.4. The van der Waals surface area contributed by atoms with Gasteiger partial charge in [0.25, 0.3) is 0 Å². The Kier molecular flexibility index (Phi) is 7.06. The summed E-state index contributed by atoms with van der Waals surface area (Å²) in [5.74, 6) is -0.393. The molecule has 0 aliphatic carbocycles. The van der Waals surface area contributed by atoms with Crippen LogP contribution in [0.2, 0.25) is 18.1 Å². The van der Waals surface area contributed by atoms with E-state index in [-0.39, 0.29) is 5.04 Å². The van der Waals surface area contributed by atoms with E-state index in [2.05, 4.69) is 46.0 Å². The zero-order valence-electron chi connectivity index (χ0n) is 19.6. The molecule has 168 valence electrons. The maximum absolute atomic E-state index is 13.2.